The maximum atomic E-state index is 5.89. The molecule has 1 saturated carbocycles. The predicted octanol–water partition coefficient (Wildman–Crippen LogP) is 3.86. The molecular weight excluding hydrogens is 244 g/mol. The molecule has 0 aliphatic heterocycles. The van der Waals surface area contributed by atoms with Crippen LogP contribution in [0.4, 0.5) is 0 Å². The minimum absolute atomic E-state index is 0.504. The third-order valence-electron chi connectivity index (χ3n) is 4.17. The third kappa shape index (κ3) is 2.03. The molecule has 1 aromatic carbocycles. The Balaban J connectivity index is 1.99. The lowest BCUT2D eigenvalue weighted by atomic mass is 10.1. The summed E-state index contributed by atoms with van der Waals surface area (Å²) >= 11 is 5.89. The van der Waals surface area contributed by atoms with Gasteiger partial charge in [-0.1, -0.05) is 26.0 Å². The average Bonchev–Trinajstić information content (AvgIpc) is 2.79. The zero-order valence-corrected chi connectivity index (χ0v) is 11.7. The van der Waals surface area contributed by atoms with Crippen molar-refractivity contribution < 1.29 is 0 Å². The number of hydrogen-bond acceptors (Lipinski definition) is 1. The van der Waals surface area contributed by atoms with Crippen molar-refractivity contribution in [3.05, 3.63) is 30.1 Å². The van der Waals surface area contributed by atoms with E-state index in [4.69, 9.17) is 16.6 Å². The average molecular weight is 263 g/mol. The van der Waals surface area contributed by atoms with Crippen LogP contribution in [-0.2, 0) is 13.0 Å². The number of benzene rings is 1. The highest BCUT2D eigenvalue weighted by Crippen LogP contribution is 2.52. The van der Waals surface area contributed by atoms with Gasteiger partial charge in [-0.3, -0.25) is 0 Å². The van der Waals surface area contributed by atoms with Crippen molar-refractivity contribution >= 4 is 22.6 Å². The van der Waals surface area contributed by atoms with E-state index < -0.39 is 0 Å². The Bertz CT molecular complexity index is 571. The van der Waals surface area contributed by atoms with Gasteiger partial charge in [0.2, 0.25) is 0 Å². The number of hydrogen-bond donors (Lipinski definition) is 0. The van der Waals surface area contributed by atoms with E-state index in [1.807, 2.05) is 6.07 Å². The van der Waals surface area contributed by atoms with Crippen LogP contribution < -0.4 is 0 Å². The SMILES string of the molecule is CC1(C)CC1Cn1c(CCCl)nc2ccccc21. The lowest BCUT2D eigenvalue weighted by molar-refractivity contribution is 0.496. The fourth-order valence-corrected chi connectivity index (χ4v) is 2.88. The van der Waals surface area contributed by atoms with Gasteiger partial charge in [0, 0.05) is 18.8 Å². The molecular formula is C15H19ClN2. The number of rotatable bonds is 4. The molecule has 18 heavy (non-hydrogen) atoms. The van der Waals surface area contributed by atoms with Gasteiger partial charge in [0.15, 0.2) is 0 Å². The first-order valence-corrected chi connectivity index (χ1v) is 7.15. The van der Waals surface area contributed by atoms with E-state index in [0.29, 0.717) is 11.3 Å². The van der Waals surface area contributed by atoms with Gasteiger partial charge in [-0.05, 0) is 29.9 Å². The Hall–Kier alpha value is -1.02. The van der Waals surface area contributed by atoms with Gasteiger partial charge >= 0.3 is 0 Å². The van der Waals surface area contributed by atoms with Crippen LogP contribution in [0.15, 0.2) is 24.3 Å². The summed E-state index contributed by atoms with van der Waals surface area (Å²) in [7, 11) is 0. The summed E-state index contributed by atoms with van der Waals surface area (Å²) in [4.78, 5) is 4.71. The highest BCUT2D eigenvalue weighted by atomic mass is 35.5. The van der Waals surface area contributed by atoms with Crippen molar-refractivity contribution in [2.24, 2.45) is 11.3 Å². The van der Waals surface area contributed by atoms with Crippen LogP contribution >= 0.6 is 11.6 Å². The molecule has 3 heteroatoms. The van der Waals surface area contributed by atoms with Crippen LogP contribution in [0.5, 0.6) is 0 Å². The van der Waals surface area contributed by atoms with Crippen molar-refractivity contribution in [3.63, 3.8) is 0 Å². The van der Waals surface area contributed by atoms with Crippen LogP contribution in [0.1, 0.15) is 26.1 Å². The Morgan fingerprint density at radius 2 is 2.11 bits per heavy atom. The molecule has 2 nitrogen and oxygen atoms in total. The molecule has 0 spiro atoms. The normalized spacial score (nSPS) is 21.4. The number of fused-ring (bicyclic) bond motifs is 1. The molecule has 1 aromatic heterocycles. The van der Waals surface area contributed by atoms with E-state index in [0.717, 1.165) is 30.2 Å². The molecule has 3 rings (SSSR count). The second kappa shape index (κ2) is 4.27. The Morgan fingerprint density at radius 1 is 1.39 bits per heavy atom. The second-order valence-electron chi connectivity index (χ2n) is 5.96. The fraction of sp³-hybridized carbons (Fsp3) is 0.533. The van der Waals surface area contributed by atoms with E-state index in [2.05, 4.69) is 36.6 Å². The zero-order chi connectivity index (χ0) is 12.8. The van der Waals surface area contributed by atoms with Crippen molar-refractivity contribution in [2.45, 2.75) is 33.2 Å². The maximum Gasteiger partial charge on any atom is 0.111 e. The number of aryl methyl sites for hydroxylation is 1. The number of imidazole rings is 1. The quantitative estimate of drug-likeness (QED) is 0.765. The zero-order valence-electron chi connectivity index (χ0n) is 11.0. The summed E-state index contributed by atoms with van der Waals surface area (Å²) < 4.78 is 2.37. The molecule has 0 saturated heterocycles. The Morgan fingerprint density at radius 3 is 2.78 bits per heavy atom. The lowest BCUT2D eigenvalue weighted by Gasteiger charge is -2.09. The first-order chi connectivity index (χ1) is 8.62. The largest absolute Gasteiger partial charge is 0.328 e. The molecule has 1 aliphatic carbocycles. The van der Waals surface area contributed by atoms with E-state index in [1.54, 1.807) is 0 Å². The van der Waals surface area contributed by atoms with Crippen LogP contribution in [0, 0.1) is 11.3 Å². The van der Waals surface area contributed by atoms with Crippen molar-refractivity contribution in [3.8, 4) is 0 Å². The maximum absolute atomic E-state index is 5.89. The van der Waals surface area contributed by atoms with Gasteiger partial charge in [-0.25, -0.2) is 4.98 Å². The molecule has 2 aromatic rings. The summed E-state index contributed by atoms with van der Waals surface area (Å²) in [5, 5.41) is 0. The van der Waals surface area contributed by atoms with Crippen LogP contribution in [-0.4, -0.2) is 15.4 Å². The Labute approximate surface area is 113 Å². The minimum Gasteiger partial charge on any atom is -0.328 e. The molecule has 0 radical (unpaired) electrons. The molecule has 96 valence electrons. The molecule has 0 bridgehead atoms. The third-order valence-corrected chi connectivity index (χ3v) is 4.36. The van der Waals surface area contributed by atoms with Crippen molar-refractivity contribution in [1.29, 1.82) is 0 Å². The summed E-state index contributed by atoms with van der Waals surface area (Å²) in [6.07, 6.45) is 2.17. The second-order valence-corrected chi connectivity index (χ2v) is 6.33. The van der Waals surface area contributed by atoms with Crippen molar-refractivity contribution in [2.75, 3.05) is 5.88 Å². The van der Waals surface area contributed by atoms with Gasteiger partial charge in [0.05, 0.1) is 11.0 Å². The van der Waals surface area contributed by atoms with E-state index >= 15 is 0 Å². The van der Waals surface area contributed by atoms with Gasteiger partial charge in [0.25, 0.3) is 0 Å². The minimum atomic E-state index is 0.504. The Kier molecular flexibility index (Phi) is 2.86. The van der Waals surface area contributed by atoms with E-state index in [1.165, 1.54) is 11.9 Å². The summed E-state index contributed by atoms with van der Waals surface area (Å²) in [6, 6.07) is 8.38. The van der Waals surface area contributed by atoms with Gasteiger partial charge in [-0.15, -0.1) is 11.6 Å². The van der Waals surface area contributed by atoms with E-state index in [9.17, 15) is 0 Å². The standard InChI is InChI=1S/C15H19ClN2/c1-15(2)9-11(15)10-18-13-6-4-3-5-12(13)17-14(18)7-8-16/h3-6,11H,7-10H2,1-2H3. The first kappa shape index (κ1) is 12.0. The smallest absolute Gasteiger partial charge is 0.111 e. The van der Waals surface area contributed by atoms with Gasteiger partial charge in [-0.2, -0.15) is 0 Å². The van der Waals surface area contributed by atoms with Crippen molar-refractivity contribution in [1.82, 2.24) is 9.55 Å². The fourth-order valence-electron chi connectivity index (χ4n) is 2.71. The lowest BCUT2D eigenvalue weighted by Crippen LogP contribution is -2.08. The molecule has 1 atom stereocenters. The van der Waals surface area contributed by atoms with Crippen LogP contribution in [0.2, 0.25) is 0 Å². The number of aromatic nitrogens is 2. The van der Waals surface area contributed by atoms with Crippen LogP contribution in [0.3, 0.4) is 0 Å². The summed E-state index contributed by atoms with van der Waals surface area (Å²) in [6.45, 7) is 5.77. The number of para-hydroxylation sites is 2. The van der Waals surface area contributed by atoms with E-state index in [-0.39, 0.29) is 0 Å². The number of alkyl halides is 1. The summed E-state index contributed by atoms with van der Waals surface area (Å²) in [5.41, 5.74) is 2.85. The van der Waals surface area contributed by atoms with Gasteiger partial charge in [0.1, 0.15) is 5.82 Å². The molecule has 1 aliphatic rings. The topological polar surface area (TPSA) is 17.8 Å². The molecule has 1 unspecified atom stereocenters. The molecule has 0 amide bonds. The highest BCUT2D eigenvalue weighted by Gasteiger charge is 2.45. The molecule has 1 fully saturated rings. The number of nitrogens with zero attached hydrogens (tertiary/aromatic N) is 2. The number of halogens is 1. The monoisotopic (exact) mass is 262 g/mol. The molecule has 1 heterocycles. The highest BCUT2D eigenvalue weighted by molar-refractivity contribution is 6.17. The predicted molar refractivity (Wildman–Crippen MR) is 76.0 cm³/mol. The first-order valence-electron chi connectivity index (χ1n) is 6.62. The van der Waals surface area contributed by atoms with Crippen LogP contribution in [0.25, 0.3) is 11.0 Å². The molecule has 0 N–H and O–H groups in total. The van der Waals surface area contributed by atoms with Gasteiger partial charge < -0.3 is 4.57 Å². The summed E-state index contributed by atoms with van der Waals surface area (Å²) in [5.74, 6) is 2.55.